The SMILES string of the molecule is CCCS(=O)(=O)Nc1ccccc1C(=O)c1ccc(OC)cc1. The summed E-state index contributed by atoms with van der Waals surface area (Å²) in [6, 6.07) is 13.3. The number of nitrogens with one attached hydrogen (secondary N) is 1. The minimum absolute atomic E-state index is 0.0120. The summed E-state index contributed by atoms with van der Waals surface area (Å²) in [6.45, 7) is 1.79. The molecule has 0 spiro atoms. The van der Waals surface area contributed by atoms with Crippen molar-refractivity contribution in [3.05, 3.63) is 59.7 Å². The lowest BCUT2D eigenvalue weighted by Crippen LogP contribution is -2.18. The van der Waals surface area contributed by atoms with Crippen LogP contribution in [0.5, 0.6) is 5.75 Å². The predicted molar refractivity (Wildman–Crippen MR) is 90.6 cm³/mol. The Bertz CT molecular complexity index is 782. The molecule has 122 valence electrons. The van der Waals surface area contributed by atoms with Crippen LogP contribution in [0.2, 0.25) is 0 Å². The molecule has 0 saturated carbocycles. The third-order valence-electron chi connectivity index (χ3n) is 3.26. The van der Waals surface area contributed by atoms with Gasteiger partial charge >= 0.3 is 0 Å². The summed E-state index contributed by atoms with van der Waals surface area (Å²) in [5.41, 5.74) is 1.08. The van der Waals surface area contributed by atoms with Crippen molar-refractivity contribution >= 4 is 21.5 Å². The second kappa shape index (κ2) is 7.28. The fourth-order valence-electron chi connectivity index (χ4n) is 2.16. The van der Waals surface area contributed by atoms with Gasteiger partial charge in [0.05, 0.1) is 18.6 Å². The average molecular weight is 333 g/mol. The highest BCUT2D eigenvalue weighted by Crippen LogP contribution is 2.22. The van der Waals surface area contributed by atoms with E-state index in [1.54, 1.807) is 62.6 Å². The molecule has 0 aliphatic rings. The van der Waals surface area contributed by atoms with Gasteiger partial charge in [0.1, 0.15) is 5.75 Å². The number of anilines is 1. The van der Waals surface area contributed by atoms with E-state index in [0.29, 0.717) is 29.0 Å². The summed E-state index contributed by atoms with van der Waals surface area (Å²) in [7, 11) is -1.91. The molecule has 5 nitrogen and oxygen atoms in total. The average Bonchev–Trinajstić information content (AvgIpc) is 2.54. The quantitative estimate of drug-likeness (QED) is 0.790. The molecule has 0 fully saturated rings. The smallest absolute Gasteiger partial charge is 0.232 e. The number of carbonyl (C=O) groups excluding carboxylic acids is 1. The molecule has 6 heteroatoms. The number of sulfonamides is 1. The molecule has 1 N–H and O–H groups in total. The Morgan fingerprint density at radius 1 is 1.09 bits per heavy atom. The Kier molecular flexibility index (Phi) is 5.39. The van der Waals surface area contributed by atoms with Crippen molar-refractivity contribution in [1.29, 1.82) is 0 Å². The Morgan fingerprint density at radius 3 is 2.35 bits per heavy atom. The highest BCUT2D eigenvalue weighted by Gasteiger charge is 2.17. The first-order valence-electron chi connectivity index (χ1n) is 7.25. The van der Waals surface area contributed by atoms with E-state index in [1.165, 1.54) is 0 Å². The van der Waals surface area contributed by atoms with Crippen LogP contribution < -0.4 is 9.46 Å². The number of hydrogen-bond donors (Lipinski definition) is 1. The Hall–Kier alpha value is -2.34. The number of para-hydroxylation sites is 1. The molecule has 0 bridgehead atoms. The van der Waals surface area contributed by atoms with Gasteiger partial charge in [-0.25, -0.2) is 8.42 Å². The highest BCUT2D eigenvalue weighted by atomic mass is 32.2. The maximum Gasteiger partial charge on any atom is 0.232 e. The number of benzene rings is 2. The van der Waals surface area contributed by atoms with Crippen molar-refractivity contribution in [2.45, 2.75) is 13.3 Å². The molecule has 0 amide bonds. The molecule has 0 heterocycles. The number of ether oxygens (including phenoxy) is 1. The largest absolute Gasteiger partial charge is 0.497 e. The van der Waals surface area contributed by atoms with Gasteiger partial charge in [0.15, 0.2) is 5.78 Å². The zero-order valence-corrected chi connectivity index (χ0v) is 13.9. The van der Waals surface area contributed by atoms with Crippen LogP contribution in [0.25, 0.3) is 0 Å². The van der Waals surface area contributed by atoms with Gasteiger partial charge in [0.2, 0.25) is 10.0 Å². The Labute approximate surface area is 136 Å². The fourth-order valence-corrected chi connectivity index (χ4v) is 3.31. The molecular formula is C17H19NO4S. The van der Waals surface area contributed by atoms with Crippen LogP contribution in [0.4, 0.5) is 5.69 Å². The lowest BCUT2D eigenvalue weighted by molar-refractivity contribution is 0.103. The molecule has 0 atom stereocenters. The van der Waals surface area contributed by atoms with E-state index in [1.807, 2.05) is 0 Å². The van der Waals surface area contributed by atoms with E-state index in [0.717, 1.165) is 0 Å². The lowest BCUT2D eigenvalue weighted by atomic mass is 10.0. The zero-order chi connectivity index (χ0) is 16.9. The summed E-state index contributed by atoms with van der Waals surface area (Å²) in [6.07, 6.45) is 0.504. The van der Waals surface area contributed by atoms with Gasteiger partial charge in [-0.05, 0) is 42.8 Å². The molecule has 0 saturated heterocycles. The van der Waals surface area contributed by atoms with Crippen LogP contribution in [-0.2, 0) is 10.0 Å². The van der Waals surface area contributed by atoms with Crippen LogP contribution in [0.15, 0.2) is 48.5 Å². The van der Waals surface area contributed by atoms with Gasteiger partial charge in [-0.1, -0.05) is 19.1 Å². The van der Waals surface area contributed by atoms with Gasteiger partial charge in [-0.3, -0.25) is 9.52 Å². The molecule has 2 aromatic rings. The van der Waals surface area contributed by atoms with E-state index in [4.69, 9.17) is 4.74 Å². The molecule has 2 aromatic carbocycles. The van der Waals surface area contributed by atoms with Gasteiger partial charge < -0.3 is 4.74 Å². The number of hydrogen-bond acceptors (Lipinski definition) is 4. The standard InChI is InChI=1S/C17H19NO4S/c1-3-12-23(20,21)18-16-7-5-4-6-15(16)17(19)13-8-10-14(22-2)11-9-13/h4-11,18H,3,12H2,1-2H3. The van der Waals surface area contributed by atoms with Gasteiger partial charge in [0.25, 0.3) is 0 Å². The molecule has 0 aliphatic heterocycles. The highest BCUT2D eigenvalue weighted by molar-refractivity contribution is 7.92. The van der Waals surface area contributed by atoms with Crippen molar-refractivity contribution in [2.24, 2.45) is 0 Å². The van der Waals surface area contributed by atoms with E-state index in [9.17, 15) is 13.2 Å². The molecule has 0 radical (unpaired) electrons. The molecule has 0 aliphatic carbocycles. The van der Waals surface area contributed by atoms with Gasteiger partial charge in [-0.15, -0.1) is 0 Å². The fraction of sp³-hybridized carbons (Fsp3) is 0.235. The van der Waals surface area contributed by atoms with Crippen LogP contribution >= 0.6 is 0 Å². The zero-order valence-electron chi connectivity index (χ0n) is 13.1. The summed E-state index contributed by atoms with van der Waals surface area (Å²) in [5, 5.41) is 0. The topological polar surface area (TPSA) is 72.5 Å². The molecule has 0 aromatic heterocycles. The van der Waals surface area contributed by atoms with E-state index in [-0.39, 0.29) is 11.5 Å². The van der Waals surface area contributed by atoms with Crippen molar-refractivity contribution < 1.29 is 17.9 Å². The first-order chi connectivity index (χ1) is 11.0. The van der Waals surface area contributed by atoms with Crippen LogP contribution in [0.1, 0.15) is 29.3 Å². The van der Waals surface area contributed by atoms with E-state index in [2.05, 4.69) is 4.72 Å². The summed E-state index contributed by atoms with van der Waals surface area (Å²) < 4.78 is 31.5. The van der Waals surface area contributed by atoms with Crippen molar-refractivity contribution in [1.82, 2.24) is 0 Å². The Balaban J connectivity index is 2.33. The Morgan fingerprint density at radius 2 is 1.74 bits per heavy atom. The second-order valence-electron chi connectivity index (χ2n) is 5.02. The normalized spacial score (nSPS) is 11.0. The lowest BCUT2D eigenvalue weighted by Gasteiger charge is -2.11. The monoisotopic (exact) mass is 333 g/mol. The van der Waals surface area contributed by atoms with Crippen molar-refractivity contribution in [2.75, 3.05) is 17.6 Å². The van der Waals surface area contributed by atoms with Gasteiger partial charge in [0, 0.05) is 11.1 Å². The van der Waals surface area contributed by atoms with Gasteiger partial charge in [-0.2, -0.15) is 0 Å². The van der Waals surface area contributed by atoms with Crippen molar-refractivity contribution in [3.63, 3.8) is 0 Å². The third-order valence-corrected chi connectivity index (χ3v) is 4.74. The minimum Gasteiger partial charge on any atom is -0.497 e. The number of ketones is 1. The summed E-state index contributed by atoms with van der Waals surface area (Å²) in [4.78, 5) is 12.6. The molecular weight excluding hydrogens is 314 g/mol. The molecule has 0 unspecified atom stereocenters. The van der Waals surface area contributed by atoms with Crippen LogP contribution in [0.3, 0.4) is 0 Å². The van der Waals surface area contributed by atoms with Crippen LogP contribution in [0, 0.1) is 0 Å². The predicted octanol–water partition coefficient (Wildman–Crippen LogP) is 3.08. The van der Waals surface area contributed by atoms with E-state index < -0.39 is 10.0 Å². The number of methoxy groups -OCH3 is 1. The summed E-state index contributed by atoms with van der Waals surface area (Å²) in [5.74, 6) is 0.416. The molecule has 23 heavy (non-hydrogen) atoms. The van der Waals surface area contributed by atoms with E-state index >= 15 is 0 Å². The first kappa shape index (κ1) is 17.0. The minimum atomic E-state index is -3.46. The third kappa shape index (κ3) is 4.32. The maximum atomic E-state index is 12.6. The van der Waals surface area contributed by atoms with Crippen molar-refractivity contribution in [3.8, 4) is 5.75 Å². The maximum absolute atomic E-state index is 12.6. The first-order valence-corrected chi connectivity index (χ1v) is 8.90. The van der Waals surface area contributed by atoms with Crippen LogP contribution in [-0.4, -0.2) is 27.1 Å². The molecule has 2 rings (SSSR count). The number of rotatable bonds is 7. The summed E-state index contributed by atoms with van der Waals surface area (Å²) >= 11 is 0. The second-order valence-corrected chi connectivity index (χ2v) is 6.87. The number of carbonyl (C=O) groups is 1.